The van der Waals surface area contributed by atoms with Crippen LogP contribution in [0.25, 0.3) is 0 Å². The van der Waals surface area contributed by atoms with Crippen LogP contribution in [0, 0.1) is 0 Å². The van der Waals surface area contributed by atoms with Gasteiger partial charge in [0.1, 0.15) is 5.69 Å². The highest BCUT2D eigenvalue weighted by Gasteiger charge is 2.29. The van der Waals surface area contributed by atoms with Crippen molar-refractivity contribution in [2.24, 2.45) is 0 Å². The van der Waals surface area contributed by atoms with Gasteiger partial charge in [-0.2, -0.15) is 0 Å². The Labute approximate surface area is 163 Å². The van der Waals surface area contributed by atoms with Crippen molar-refractivity contribution in [1.82, 2.24) is 24.3 Å². The predicted molar refractivity (Wildman–Crippen MR) is 106 cm³/mol. The molecule has 0 N–H and O–H groups in total. The van der Waals surface area contributed by atoms with E-state index in [9.17, 15) is 4.79 Å². The van der Waals surface area contributed by atoms with Gasteiger partial charge in [0.15, 0.2) is 0 Å². The largest absolute Gasteiger partial charge is 0.332 e. The Bertz CT molecular complexity index is 877. The number of piperazine rings is 1. The van der Waals surface area contributed by atoms with E-state index in [1.54, 1.807) is 5.51 Å². The fraction of sp³-hybridized carbons (Fsp3) is 0.350. The quantitative estimate of drug-likeness (QED) is 0.682. The molecule has 6 nitrogen and oxygen atoms in total. The fourth-order valence-corrected chi connectivity index (χ4v) is 4.10. The van der Waals surface area contributed by atoms with Gasteiger partial charge in [-0.05, 0) is 12.5 Å². The van der Waals surface area contributed by atoms with Crippen LogP contribution in [0.2, 0.25) is 0 Å². The summed E-state index contributed by atoms with van der Waals surface area (Å²) >= 11 is 1.46. The van der Waals surface area contributed by atoms with Crippen molar-refractivity contribution in [2.45, 2.75) is 26.1 Å². The molecule has 0 radical (unpaired) electrons. The van der Waals surface area contributed by atoms with Crippen LogP contribution in [0.4, 0.5) is 0 Å². The zero-order valence-electron chi connectivity index (χ0n) is 15.4. The molecule has 3 heterocycles. The summed E-state index contributed by atoms with van der Waals surface area (Å²) in [6.07, 6.45) is 3.84. The molecule has 0 unspecified atom stereocenters. The number of thiazole rings is 1. The summed E-state index contributed by atoms with van der Waals surface area (Å²) in [7, 11) is 0. The second kappa shape index (κ2) is 8.02. The van der Waals surface area contributed by atoms with Crippen LogP contribution in [-0.2, 0) is 13.1 Å². The monoisotopic (exact) mass is 381 g/mol. The minimum Gasteiger partial charge on any atom is -0.332 e. The van der Waals surface area contributed by atoms with Gasteiger partial charge in [0, 0.05) is 50.3 Å². The van der Waals surface area contributed by atoms with E-state index in [1.165, 1.54) is 22.6 Å². The van der Waals surface area contributed by atoms with Crippen molar-refractivity contribution >= 4 is 17.2 Å². The van der Waals surface area contributed by atoms with Crippen molar-refractivity contribution in [1.29, 1.82) is 0 Å². The number of nitrogens with zero attached hydrogens (tertiary/aromatic N) is 5. The molecule has 1 aliphatic rings. The number of carbonyl (C=O) groups is 1. The van der Waals surface area contributed by atoms with Gasteiger partial charge in [-0.25, -0.2) is 9.97 Å². The van der Waals surface area contributed by atoms with Crippen molar-refractivity contribution in [3.63, 3.8) is 0 Å². The van der Waals surface area contributed by atoms with Gasteiger partial charge in [-0.3, -0.25) is 9.69 Å². The second-order valence-electron chi connectivity index (χ2n) is 6.95. The highest BCUT2D eigenvalue weighted by atomic mass is 32.1. The number of rotatable bonds is 5. The number of hydrogen-bond acceptors (Lipinski definition) is 5. The Kier molecular flexibility index (Phi) is 5.31. The van der Waals surface area contributed by atoms with Gasteiger partial charge in [0.2, 0.25) is 0 Å². The third kappa shape index (κ3) is 4.09. The molecule has 140 valence electrons. The molecule has 2 aromatic heterocycles. The third-order valence-corrected chi connectivity index (χ3v) is 5.59. The van der Waals surface area contributed by atoms with E-state index in [1.807, 2.05) is 28.9 Å². The van der Waals surface area contributed by atoms with Crippen LogP contribution in [-0.4, -0.2) is 55.9 Å². The molecule has 1 fully saturated rings. The van der Waals surface area contributed by atoms with E-state index in [-0.39, 0.29) is 11.9 Å². The van der Waals surface area contributed by atoms with Crippen molar-refractivity contribution in [3.8, 4) is 0 Å². The molecule has 3 aromatic rings. The van der Waals surface area contributed by atoms with E-state index in [2.05, 4.69) is 50.6 Å². The van der Waals surface area contributed by atoms with E-state index in [4.69, 9.17) is 0 Å². The lowest BCUT2D eigenvalue weighted by Crippen LogP contribution is -2.53. The van der Waals surface area contributed by atoms with Gasteiger partial charge in [-0.1, -0.05) is 30.3 Å². The van der Waals surface area contributed by atoms with Gasteiger partial charge in [0.25, 0.3) is 5.91 Å². The van der Waals surface area contributed by atoms with Gasteiger partial charge in [-0.15, -0.1) is 11.3 Å². The lowest BCUT2D eigenvalue weighted by Gasteiger charge is -2.39. The van der Waals surface area contributed by atoms with Crippen LogP contribution in [0.1, 0.15) is 28.7 Å². The summed E-state index contributed by atoms with van der Waals surface area (Å²) in [5.74, 6) is 0.0394. The average molecular weight is 382 g/mol. The Morgan fingerprint density at radius 3 is 2.81 bits per heavy atom. The first-order valence-electron chi connectivity index (χ1n) is 9.15. The molecule has 27 heavy (non-hydrogen) atoms. The van der Waals surface area contributed by atoms with E-state index in [0.717, 1.165) is 32.7 Å². The molecule has 0 bridgehead atoms. The summed E-state index contributed by atoms with van der Waals surface area (Å²) in [6, 6.07) is 10.6. The molecule has 0 saturated carbocycles. The Morgan fingerprint density at radius 2 is 2.07 bits per heavy atom. The Balaban J connectivity index is 1.38. The van der Waals surface area contributed by atoms with E-state index < -0.39 is 0 Å². The van der Waals surface area contributed by atoms with Crippen LogP contribution < -0.4 is 0 Å². The number of hydrogen-bond donors (Lipinski definition) is 0. The topological polar surface area (TPSA) is 54.3 Å². The first kappa shape index (κ1) is 17.9. The van der Waals surface area contributed by atoms with Crippen LogP contribution in [0.15, 0.2) is 53.7 Å². The summed E-state index contributed by atoms with van der Waals surface area (Å²) < 4.78 is 2.20. The maximum atomic E-state index is 12.6. The normalized spacial score (nSPS) is 18.0. The Hall–Kier alpha value is -2.51. The summed E-state index contributed by atoms with van der Waals surface area (Å²) in [4.78, 5) is 25.4. The number of imidazole rings is 1. The molecule has 1 aromatic carbocycles. The molecule has 1 saturated heterocycles. The molecular formula is C20H23N5OS. The predicted octanol–water partition coefficient (Wildman–Crippen LogP) is 2.73. The molecule has 4 rings (SSSR count). The SMILES string of the molecule is C[C@H]1CN(Cc2cncn2Cc2ccccc2)CCN1C(=O)c1cscn1. The number of benzene rings is 1. The highest BCUT2D eigenvalue weighted by Crippen LogP contribution is 2.17. The minimum atomic E-state index is 0.0394. The van der Waals surface area contributed by atoms with E-state index in [0.29, 0.717) is 5.69 Å². The maximum absolute atomic E-state index is 12.6. The van der Waals surface area contributed by atoms with Crippen LogP contribution in [0.3, 0.4) is 0 Å². The fourth-order valence-electron chi connectivity index (χ4n) is 3.58. The van der Waals surface area contributed by atoms with Crippen molar-refractivity contribution < 1.29 is 4.79 Å². The molecular weight excluding hydrogens is 358 g/mol. The standard InChI is InChI=1S/C20H23N5OS/c1-16-10-23(7-8-25(16)20(26)19-13-27-15-22-19)12-18-9-21-14-24(18)11-17-5-3-2-4-6-17/h2-6,9,13-16H,7-8,10-12H2,1H3/t16-/m0/s1. The second-order valence-corrected chi connectivity index (χ2v) is 7.67. The van der Waals surface area contributed by atoms with Crippen molar-refractivity contribution in [2.75, 3.05) is 19.6 Å². The number of aromatic nitrogens is 3. The van der Waals surface area contributed by atoms with Gasteiger partial charge in [0.05, 0.1) is 17.5 Å². The lowest BCUT2D eigenvalue weighted by molar-refractivity contribution is 0.0466. The molecule has 0 spiro atoms. The first-order valence-corrected chi connectivity index (χ1v) is 10.1. The molecule has 0 aliphatic carbocycles. The van der Waals surface area contributed by atoms with Crippen molar-refractivity contribution in [3.05, 3.63) is 70.7 Å². The molecule has 1 atom stereocenters. The smallest absolute Gasteiger partial charge is 0.273 e. The molecule has 7 heteroatoms. The highest BCUT2D eigenvalue weighted by molar-refractivity contribution is 7.07. The first-order chi connectivity index (χ1) is 13.2. The third-order valence-electron chi connectivity index (χ3n) is 5.00. The van der Waals surface area contributed by atoms with E-state index >= 15 is 0 Å². The summed E-state index contributed by atoms with van der Waals surface area (Å²) in [5, 5.41) is 1.82. The Morgan fingerprint density at radius 1 is 1.22 bits per heavy atom. The van der Waals surface area contributed by atoms with Crippen LogP contribution in [0.5, 0.6) is 0 Å². The molecule has 1 aliphatic heterocycles. The lowest BCUT2D eigenvalue weighted by atomic mass is 10.1. The molecule has 1 amide bonds. The van der Waals surface area contributed by atoms with Gasteiger partial charge < -0.3 is 9.47 Å². The minimum absolute atomic E-state index is 0.0394. The zero-order valence-corrected chi connectivity index (χ0v) is 16.2. The number of amides is 1. The average Bonchev–Trinajstić information content (AvgIpc) is 3.35. The van der Waals surface area contributed by atoms with Gasteiger partial charge >= 0.3 is 0 Å². The maximum Gasteiger partial charge on any atom is 0.273 e. The van der Waals surface area contributed by atoms with Crippen LogP contribution >= 0.6 is 11.3 Å². The number of carbonyl (C=O) groups excluding carboxylic acids is 1. The summed E-state index contributed by atoms with van der Waals surface area (Å²) in [5.41, 5.74) is 4.73. The zero-order chi connectivity index (χ0) is 18.6. The summed E-state index contributed by atoms with van der Waals surface area (Å²) in [6.45, 7) is 6.22.